The molecule has 0 amide bonds. The van der Waals surface area contributed by atoms with E-state index in [0.29, 0.717) is 11.5 Å². The summed E-state index contributed by atoms with van der Waals surface area (Å²) in [6.45, 7) is 0. The van der Waals surface area contributed by atoms with Gasteiger partial charge in [0.1, 0.15) is 11.4 Å². The Balaban J connectivity index is 1.26. The van der Waals surface area contributed by atoms with Crippen LogP contribution in [0.1, 0.15) is 53.3 Å². The van der Waals surface area contributed by atoms with Crippen molar-refractivity contribution in [3.63, 3.8) is 0 Å². The molecule has 1 aliphatic carbocycles. The summed E-state index contributed by atoms with van der Waals surface area (Å²) in [6, 6.07) is 14.1. The zero-order valence-electron chi connectivity index (χ0n) is 16.3. The van der Waals surface area contributed by atoms with Gasteiger partial charge in [0.25, 0.3) is 0 Å². The molecule has 6 nitrogen and oxygen atoms in total. The summed E-state index contributed by atoms with van der Waals surface area (Å²) in [5.74, 6) is 1.03. The first-order valence-corrected chi connectivity index (χ1v) is 10.3. The van der Waals surface area contributed by atoms with Gasteiger partial charge in [-0.3, -0.25) is 4.98 Å². The van der Waals surface area contributed by atoms with Gasteiger partial charge in [-0.1, -0.05) is 30.3 Å². The number of carbonyl (C=O) groups is 1. The van der Waals surface area contributed by atoms with E-state index in [1.165, 1.54) is 0 Å². The van der Waals surface area contributed by atoms with Crippen LogP contribution in [0.3, 0.4) is 0 Å². The highest BCUT2D eigenvalue weighted by molar-refractivity contribution is 5.94. The quantitative estimate of drug-likeness (QED) is 0.495. The smallest absolute Gasteiger partial charge is 0.339 e. The number of ether oxygens (including phenoxy) is 1. The monoisotopic (exact) mass is 396 g/mol. The number of aromatic nitrogens is 4. The van der Waals surface area contributed by atoms with Crippen molar-refractivity contribution < 1.29 is 9.53 Å². The molecule has 1 aliphatic heterocycles. The Labute approximate surface area is 173 Å². The molecule has 0 bridgehead atoms. The Morgan fingerprint density at radius 2 is 1.87 bits per heavy atom. The normalized spacial score (nSPS) is 22.9. The van der Waals surface area contributed by atoms with Gasteiger partial charge in [0.15, 0.2) is 5.65 Å². The topological polar surface area (TPSA) is 80.8 Å². The van der Waals surface area contributed by atoms with E-state index in [4.69, 9.17) is 9.72 Å². The Bertz CT molecular complexity index is 1260. The summed E-state index contributed by atoms with van der Waals surface area (Å²) in [5.41, 5.74) is 4.97. The van der Waals surface area contributed by atoms with Crippen LogP contribution in [0.25, 0.3) is 22.3 Å². The Hall–Kier alpha value is -3.54. The second kappa shape index (κ2) is 6.49. The first-order chi connectivity index (χ1) is 14.7. The molecule has 1 fully saturated rings. The van der Waals surface area contributed by atoms with Crippen LogP contribution in [0.5, 0.6) is 0 Å². The number of benzene rings is 1. The highest BCUT2D eigenvalue weighted by Crippen LogP contribution is 2.49. The van der Waals surface area contributed by atoms with E-state index in [2.05, 4.69) is 33.2 Å². The lowest BCUT2D eigenvalue weighted by Gasteiger charge is -2.35. The van der Waals surface area contributed by atoms with Crippen molar-refractivity contribution in [2.45, 2.75) is 37.2 Å². The van der Waals surface area contributed by atoms with Crippen LogP contribution in [0.4, 0.5) is 0 Å². The van der Waals surface area contributed by atoms with Crippen molar-refractivity contribution in [3.8, 4) is 11.1 Å². The average Bonchev–Trinajstić information content (AvgIpc) is 3.34. The molecule has 148 valence electrons. The summed E-state index contributed by atoms with van der Waals surface area (Å²) in [4.78, 5) is 29.3. The van der Waals surface area contributed by atoms with Crippen LogP contribution in [-0.4, -0.2) is 25.9 Å². The van der Waals surface area contributed by atoms with Crippen LogP contribution in [0, 0.1) is 0 Å². The van der Waals surface area contributed by atoms with Crippen molar-refractivity contribution in [1.29, 1.82) is 0 Å². The van der Waals surface area contributed by atoms with E-state index in [1.807, 2.05) is 24.4 Å². The van der Waals surface area contributed by atoms with E-state index in [0.717, 1.165) is 59.4 Å². The molecule has 4 heterocycles. The van der Waals surface area contributed by atoms with Gasteiger partial charge in [-0.2, -0.15) is 0 Å². The van der Waals surface area contributed by atoms with Crippen molar-refractivity contribution >= 4 is 17.1 Å². The van der Waals surface area contributed by atoms with Crippen molar-refractivity contribution in [2.75, 3.05) is 0 Å². The number of H-pyrrole nitrogens is 1. The summed E-state index contributed by atoms with van der Waals surface area (Å²) < 4.78 is 5.85. The second-order valence-electron chi connectivity index (χ2n) is 8.16. The third-order valence-corrected chi connectivity index (χ3v) is 6.46. The van der Waals surface area contributed by atoms with Gasteiger partial charge < -0.3 is 9.72 Å². The van der Waals surface area contributed by atoms with Gasteiger partial charge in [-0.05, 0) is 43.4 Å². The fourth-order valence-corrected chi connectivity index (χ4v) is 4.85. The lowest BCUT2D eigenvalue weighted by Crippen LogP contribution is -2.31. The number of carbonyl (C=O) groups excluding carboxylic acids is 1. The third kappa shape index (κ3) is 2.64. The highest BCUT2D eigenvalue weighted by Gasteiger charge is 2.48. The Morgan fingerprint density at radius 1 is 1.03 bits per heavy atom. The fourth-order valence-electron chi connectivity index (χ4n) is 4.85. The van der Waals surface area contributed by atoms with Gasteiger partial charge in [-0.25, -0.2) is 14.8 Å². The zero-order valence-corrected chi connectivity index (χ0v) is 16.3. The van der Waals surface area contributed by atoms with Crippen molar-refractivity contribution in [3.05, 3.63) is 78.0 Å². The molecular formula is C24H20N4O2. The van der Waals surface area contributed by atoms with Gasteiger partial charge in [0, 0.05) is 35.6 Å². The largest absolute Gasteiger partial charge is 0.450 e. The predicted molar refractivity (Wildman–Crippen MR) is 112 cm³/mol. The Morgan fingerprint density at radius 3 is 2.70 bits per heavy atom. The van der Waals surface area contributed by atoms with E-state index in [1.54, 1.807) is 18.5 Å². The molecule has 1 aromatic carbocycles. The van der Waals surface area contributed by atoms with Crippen LogP contribution in [0.15, 0.2) is 61.1 Å². The average molecular weight is 396 g/mol. The number of imidazole rings is 1. The molecule has 1 saturated carbocycles. The molecule has 0 atom stereocenters. The minimum atomic E-state index is -0.526. The maximum absolute atomic E-state index is 12.3. The number of fused-ring (bicyclic) bond motifs is 3. The van der Waals surface area contributed by atoms with E-state index < -0.39 is 5.60 Å². The SMILES string of the molecule is O=C1OC2(CCC(c3nc4ncc(-c5ccccc5)cc4[nH]3)CC2)c2cnccc21. The molecular weight excluding hydrogens is 376 g/mol. The number of nitrogens with one attached hydrogen (secondary N) is 1. The van der Waals surface area contributed by atoms with Gasteiger partial charge in [0.2, 0.25) is 0 Å². The third-order valence-electron chi connectivity index (χ3n) is 6.46. The van der Waals surface area contributed by atoms with E-state index in [9.17, 15) is 4.79 Å². The molecule has 1 N–H and O–H groups in total. The molecule has 2 aliphatic rings. The number of nitrogens with zero attached hydrogens (tertiary/aromatic N) is 3. The first kappa shape index (κ1) is 17.3. The number of rotatable bonds is 2. The van der Waals surface area contributed by atoms with Gasteiger partial charge in [0.05, 0.1) is 11.1 Å². The van der Waals surface area contributed by atoms with Crippen molar-refractivity contribution in [2.24, 2.45) is 0 Å². The van der Waals surface area contributed by atoms with E-state index >= 15 is 0 Å². The second-order valence-corrected chi connectivity index (χ2v) is 8.16. The number of hydrogen-bond acceptors (Lipinski definition) is 5. The van der Waals surface area contributed by atoms with Crippen LogP contribution in [-0.2, 0) is 10.3 Å². The first-order valence-electron chi connectivity index (χ1n) is 10.3. The maximum atomic E-state index is 12.3. The summed E-state index contributed by atoms with van der Waals surface area (Å²) in [5, 5.41) is 0. The van der Waals surface area contributed by atoms with Crippen LogP contribution in [0.2, 0.25) is 0 Å². The van der Waals surface area contributed by atoms with Gasteiger partial charge >= 0.3 is 5.97 Å². The minimum Gasteiger partial charge on any atom is -0.450 e. The number of pyridine rings is 2. The molecule has 6 rings (SSSR count). The molecule has 0 unspecified atom stereocenters. The summed E-state index contributed by atoms with van der Waals surface area (Å²) in [7, 11) is 0. The fraction of sp³-hybridized carbons (Fsp3) is 0.250. The highest BCUT2D eigenvalue weighted by atomic mass is 16.6. The molecule has 30 heavy (non-hydrogen) atoms. The molecule has 0 radical (unpaired) electrons. The molecule has 3 aromatic heterocycles. The van der Waals surface area contributed by atoms with Gasteiger partial charge in [-0.15, -0.1) is 0 Å². The van der Waals surface area contributed by atoms with Crippen molar-refractivity contribution in [1.82, 2.24) is 19.9 Å². The summed E-state index contributed by atoms with van der Waals surface area (Å²) in [6.07, 6.45) is 8.66. The maximum Gasteiger partial charge on any atom is 0.339 e. The van der Waals surface area contributed by atoms with Crippen LogP contribution >= 0.6 is 0 Å². The number of aromatic amines is 1. The standard InChI is InChI=1S/C24H20N4O2/c29-23-18-8-11-25-14-19(18)24(30-23)9-6-16(7-10-24)21-27-20-12-17(13-26-22(20)28-21)15-4-2-1-3-5-15/h1-5,8,11-14,16H,6-7,9-10H2,(H,26,27,28). The number of esters is 1. The van der Waals surface area contributed by atoms with Crippen LogP contribution < -0.4 is 0 Å². The molecule has 4 aromatic rings. The predicted octanol–water partition coefficient (Wildman–Crippen LogP) is 4.74. The lowest BCUT2D eigenvalue weighted by atomic mass is 9.75. The minimum absolute atomic E-state index is 0.229. The molecule has 1 spiro atoms. The zero-order chi connectivity index (χ0) is 20.1. The summed E-state index contributed by atoms with van der Waals surface area (Å²) >= 11 is 0. The molecule has 0 saturated heterocycles. The number of hydrogen-bond donors (Lipinski definition) is 1. The Kier molecular flexibility index (Phi) is 3.75. The lowest BCUT2D eigenvalue weighted by molar-refractivity contribution is -0.0313. The van der Waals surface area contributed by atoms with E-state index in [-0.39, 0.29) is 5.97 Å². The molecule has 6 heteroatoms.